The van der Waals surface area contributed by atoms with Gasteiger partial charge in [-0.2, -0.15) is 5.10 Å². The number of para-hydroxylation sites is 1. The van der Waals surface area contributed by atoms with E-state index in [-0.39, 0.29) is 12.3 Å². The minimum absolute atomic E-state index is 0.142. The smallest absolute Gasteiger partial charge is 0.213 e. The molecule has 0 saturated carbocycles. The highest BCUT2D eigenvalue weighted by molar-refractivity contribution is 6.02. The lowest BCUT2D eigenvalue weighted by Gasteiger charge is -2.38. The summed E-state index contributed by atoms with van der Waals surface area (Å²) in [6.07, 6.45) is 0.571. The maximum absolute atomic E-state index is 6.44. The second kappa shape index (κ2) is 6.80. The molecule has 150 valence electrons. The molecule has 5 heteroatoms. The number of rotatable bonds is 2. The molecule has 0 bridgehead atoms. The van der Waals surface area contributed by atoms with E-state index in [0.717, 1.165) is 40.5 Å². The van der Waals surface area contributed by atoms with Gasteiger partial charge in [-0.3, -0.25) is 0 Å². The largest absolute Gasteiger partial charge is 0.486 e. The van der Waals surface area contributed by atoms with E-state index in [9.17, 15) is 0 Å². The van der Waals surface area contributed by atoms with Gasteiger partial charge in [-0.25, -0.2) is 5.01 Å². The Labute approximate surface area is 175 Å². The van der Waals surface area contributed by atoms with Gasteiger partial charge >= 0.3 is 0 Å². The van der Waals surface area contributed by atoms with Crippen LogP contribution in [0.1, 0.15) is 40.9 Å². The summed E-state index contributed by atoms with van der Waals surface area (Å²) in [5.41, 5.74) is 5.60. The Balaban J connectivity index is 1.42. The van der Waals surface area contributed by atoms with E-state index in [1.165, 1.54) is 11.1 Å². The lowest BCUT2D eigenvalue weighted by Crippen LogP contribution is -2.33. The summed E-state index contributed by atoms with van der Waals surface area (Å²) in [4.78, 5) is 0. The number of hydrazone groups is 1. The molecule has 0 aromatic heterocycles. The summed E-state index contributed by atoms with van der Waals surface area (Å²) >= 11 is 0. The molecule has 0 aliphatic carbocycles. The summed E-state index contributed by atoms with van der Waals surface area (Å²) in [6, 6.07) is 23.0. The van der Waals surface area contributed by atoms with Crippen molar-refractivity contribution in [1.29, 1.82) is 0 Å². The van der Waals surface area contributed by atoms with Gasteiger partial charge in [0.25, 0.3) is 0 Å². The third-order valence-corrected chi connectivity index (χ3v) is 5.90. The average Bonchev–Trinajstić information content (AvgIpc) is 3.24. The molecule has 3 aliphatic heterocycles. The number of nitrogens with zero attached hydrogens (tertiary/aromatic N) is 2. The molecule has 3 aromatic carbocycles. The quantitative estimate of drug-likeness (QED) is 0.609. The topological polar surface area (TPSA) is 43.3 Å². The zero-order valence-electron chi connectivity index (χ0n) is 16.7. The van der Waals surface area contributed by atoms with Gasteiger partial charge in [0, 0.05) is 23.1 Å². The summed E-state index contributed by atoms with van der Waals surface area (Å²) in [5, 5.41) is 7.16. The predicted octanol–water partition coefficient (Wildman–Crippen LogP) is 5.01. The number of ether oxygens (including phenoxy) is 3. The van der Waals surface area contributed by atoms with E-state index in [0.29, 0.717) is 13.2 Å². The Bertz CT molecular complexity index is 1160. The summed E-state index contributed by atoms with van der Waals surface area (Å²) in [5.74, 6) is 2.52. The van der Waals surface area contributed by atoms with Crippen LogP contribution in [0.25, 0.3) is 0 Å². The molecule has 5 nitrogen and oxygen atoms in total. The third kappa shape index (κ3) is 2.81. The third-order valence-electron chi connectivity index (χ3n) is 5.90. The summed E-state index contributed by atoms with van der Waals surface area (Å²) in [6.45, 7) is 3.27. The maximum Gasteiger partial charge on any atom is 0.213 e. The molecule has 0 saturated heterocycles. The number of aryl methyl sites for hydroxylation is 1. The molecule has 30 heavy (non-hydrogen) atoms. The minimum Gasteiger partial charge on any atom is -0.486 e. The van der Waals surface area contributed by atoms with Crippen molar-refractivity contribution in [3.8, 4) is 17.2 Å². The van der Waals surface area contributed by atoms with Crippen molar-refractivity contribution in [3.63, 3.8) is 0 Å². The van der Waals surface area contributed by atoms with Crippen LogP contribution < -0.4 is 14.2 Å². The number of hydrogen-bond acceptors (Lipinski definition) is 5. The molecule has 0 fully saturated rings. The van der Waals surface area contributed by atoms with Crippen molar-refractivity contribution in [2.24, 2.45) is 5.10 Å². The van der Waals surface area contributed by atoms with Crippen LogP contribution in [0.2, 0.25) is 0 Å². The van der Waals surface area contributed by atoms with E-state index in [1.54, 1.807) is 0 Å². The van der Waals surface area contributed by atoms with Crippen molar-refractivity contribution in [1.82, 2.24) is 5.01 Å². The second-order valence-corrected chi connectivity index (χ2v) is 7.93. The molecule has 6 rings (SSSR count). The summed E-state index contributed by atoms with van der Waals surface area (Å²) in [7, 11) is 0. The molecule has 0 N–H and O–H groups in total. The highest BCUT2D eigenvalue weighted by Crippen LogP contribution is 2.47. The van der Waals surface area contributed by atoms with Crippen LogP contribution in [0.4, 0.5) is 0 Å². The van der Waals surface area contributed by atoms with Crippen molar-refractivity contribution < 1.29 is 14.2 Å². The van der Waals surface area contributed by atoms with Gasteiger partial charge in [0.05, 0.1) is 11.8 Å². The van der Waals surface area contributed by atoms with Gasteiger partial charge in [-0.05, 0) is 31.2 Å². The molecule has 0 amide bonds. The number of benzene rings is 3. The molecule has 0 radical (unpaired) electrons. The average molecular weight is 398 g/mol. The van der Waals surface area contributed by atoms with Gasteiger partial charge < -0.3 is 14.2 Å². The Morgan fingerprint density at radius 2 is 1.73 bits per heavy atom. The number of fused-ring (bicyclic) bond motifs is 4. The van der Waals surface area contributed by atoms with E-state index in [4.69, 9.17) is 19.3 Å². The van der Waals surface area contributed by atoms with Gasteiger partial charge in [0.15, 0.2) is 11.5 Å². The van der Waals surface area contributed by atoms with Crippen molar-refractivity contribution in [2.75, 3.05) is 13.2 Å². The summed E-state index contributed by atoms with van der Waals surface area (Å²) < 4.78 is 17.9. The fraction of sp³-hybridized carbons (Fsp3) is 0.240. The van der Waals surface area contributed by atoms with Crippen molar-refractivity contribution in [3.05, 3.63) is 89.0 Å². The molecular formula is C25H22N2O3. The first-order valence-corrected chi connectivity index (χ1v) is 10.3. The van der Waals surface area contributed by atoms with Gasteiger partial charge in [-0.15, -0.1) is 0 Å². The van der Waals surface area contributed by atoms with Crippen LogP contribution in [-0.2, 0) is 0 Å². The molecule has 3 aromatic rings. The Hall–Kier alpha value is -3.47. The fourth-order valence-electron chi connectivity index (χ4n) is 4.48. The zero-order valence-corrected chi connectivity index (χ0v) is 16.7. The number of hydrogen-bond donors (Lipinski definition) is 0. The Morgan fingerprint density at radius 1 is 0.867 bits per heavy atom. The van der Waals surface area contributed by atoms with Crippen molar-refractivity contribution >= 4 is 5.71 Å². The Morgan fingerprint density at radius 3 is 2.63 bits per heavy atom. The highest BCUT2D eigenvalue weighted by Gasteiger charge is 2.41. The van der Waals surface area contributed by atoms with Crippen LogP contribution in [-0.4, -0.2) is 23.9 Å². The van der Waals surface area contributed by atoms with Gasteiger partial charge in [0.2, 0.25) is 6.23 Å². The van der Waals surface area contributed by atoms with Gasteiger partial charge in [0.1, 0.15) is 19.0 Å². The lowest BCUT2D eigenvalue weighted by atomic mass is 9.95. The molecule has 0 unspecified atom stereocenters. The van der Waals surface area contributed by atoms with Crippen LogP contribution in [0.3, 0.4) is 0 Å². The SMILES string of the molecule is Cc1cccc([C@H]2Oc3ccccc3[C@@H]3CC(c4ccc5c(c4)OCCO5)=NN23)c1. The fourth-order valence-corrected chi connectivity index (χ4v) is 4.48. The van der Waals surface area contributed by atoms with Crippen molar-refractivity contribution in [2.45, 2.75) is 25.6 Å². The first kappa shape index (κ1) is 17.4. The van der Waals surface area contributed by atoms with Gasteiger partial charge in [-0.1, -0.05) is 48.0 Å². The highest BCUT2D eigenvalue weighted by atomic mass is 16.6. The lowest BCUT2D eigenvalue weighted by molar-refractivity contribution is -0.0190. The molecule has 0 spiro atoms. The molecular weight excluding hydrogens is 376 g/mol. The van der Waals surface area contributed by atoms with E-state index >= 15 is 0 Å². The first-order chi connectivity index (χ1) is 14.8. The molecule has 3 heterocycles. The first-order valence-electron chi connectivity index (χ1n) is 10.3. The molecule has 2 atom stereocenters. The van der Waals surface area contributed by atoms with Crippen LogP contribution in [0.15, 0.2) is 71.8 Å². The second-order valence-electron chi connectivity index (χ2n) is 7.93. The monoisotopic (exact) mass is 398 g/mol. The van der Waals surface area contributed by atoms with Crippen LogP contribution in [0, 0.1) is 6.92 Å². The minimum atomic E-state index is -0.250. The Kier molecular flexibility index (Phi) is 3.94. The predicted molar refractivity (Wildman–Crippen MR) is 114 cm³/mol. The van der Waals surface area contributed by atoms with Crippen LogP contribution >= 0.6 is 0 Å². The molecule has 3 aliphatic rings. The van der Waals surface area contributed by atoms with Crippen LogP contribution in [0.5, 0.6) is 17.2 Å². The van der Waals surface area contributed by atoms with E-state index < -0.39 is 0 Å². The zero-order chi connectivity index (χ0) is 20.1. The van der Waals surface area contributed by atoms with E-state index in [1.807, 2.05) is 18.2 Å². The normalized spacial score (nSPS) is 21.4. The maximum atomic E-state index is 6.44. The van der Waals surface area contributed by atoms with E-state index in [2.05, 4.69) is 60.5 Å². The standard InChI is InChI=1S/C25H22N2O3/c1-16-5-4-6-18(13-16)25-27-21(19-7-2-3-8-22(19)30-25)15-20(26-27)17-9-10-23-24(14-17)29-12-11-28-23/h2-10,13-14,21,25H,11-12,15H2,1H3/t21-,25+/m0/s1.